The first-order valence-electron chi connectivity index (χ1n) is 13.4. The third-order valence-electron chi connectivity index (χ3n) is 8.16. The van der Waals surface area contributed by atoms with Crippen molar-refractivity contribution in [2.45, 2.75) is 82.0 Å². The summed E-state index contributed by atoms with van der Waals surface area (Å²) in [6.45, 7) is 2.47. The molecule has 5 rings (SSSR count). The number of anilines is 1. The number of rotatable bonds is 8. The van der Waals surface area contributed by atoms with Gasteiger partial charge in [0.2, 0.25) is 5.91 Å². The molecule has 7 nitrogen and oxygen atoms in total. The molecule has 35 heavy (non-hydrogen) atoms. The lowest BCUT2D eigenvalue weighted by Gasteiger charge is -2.41. The van der Waals surface area contributed by atoms with Crippen molar-refractivity contribution in [1.82, 2.24) is 19.7 Å². The number of aromatic nitrogens is 3. The zero-order valence-electron chi connectivity index (χ0n) is 21.0. The molecular formula is C27H39N5O2S. The van der Waals surface area contributed by atoms with Crippen LogP contribution in [0, 0.1) is 11.8 Å². The average Bonchev–Trinajstić information content (AvgIpc) is 3.33. The molecule has 1 saturated heterocycles. The second kappa shape index (κ2) is 11.7. The predicted molar refractivity (Wildman–Crippen MR) is 140 cm³/mol. The van der Waals surface area contributed by atoms with E-state index in [1.807, 2.05) is 24.3 Å². The number of amides is 1. The Balaban J connectivity index is 1.24. The lowest BCUT2D eigenvalue weighted by atomic mass is 9.75. The van der Waals surface area contributed by atoms with E-state index in [1.54, 1.807) is 18.9 Å². The minimum Gasteiger partial charge on any atom is -0.497 e. The van der Waals surface area contributed by atoms with Gasteiger partial charge in [-0.15, -0.1) is 10.2 Å². The number of hydrogen-bond donors (Lipinski definition) is 1. The number of carbonyl (C=O) groups is 1. The number of hydrogen-bond acceptors (Lipinski definition) is 6. The van der Waals surface area contributed by atoms with Gasteiger partial charge in [-0.25, -0.2) is 0 Å². The van der Waals surface area contributed by atoms with Crippen molar-refractivity contribution in [3.8, 4) is 5.75 Å². The lowest BCUT2D eigenvalue weighted by molar-refractivity contribution is -0.131. The Hall–Kier alpha value is -2.22. The topological polar surface area (TPSA) is 72.3 Å². The molecule has 8 heteroatoms. The highest BCUT2D eigenvalue weighted by molar-refractivity contribution is 7.99. The summed E-state index contributed by atoms with van der Waals surface area (Å²) in [5.41, 5.74) is 0.998. The fraction of sp³-hybridized carbons (Fsp3) is 0.667. The number of ether oxygens (including phenoxy) is 1. The van der Waals surface area contributed by atoms with E-state index in [0.29, 0.717) is 24.3 Å². The van der Waals surface area contributed by atoms with Crippen LogP contribution in [0.15, 0.2) is 29.4 Å². The van der Waals surface area contributed by atoms with Gasteiger partial charge < -0.3 is 19.5 Å². The molecule has 0 bridgehead atoms. The van der Waals surface area contributed by atoms with Gasteiger partial charge in [0.1, 0.15) is 5.75 Å². The van der Waals surface area contributed by atoms with Crippen molar-refractivity contribution in [3.63, 3.8) is 0 Å². The Kier molecular flexibility index (Phi) is 8.16. The van der Waals surface area contributed by atoms with Gasteiger partial charge in [0.25, 0.3) is 0 Å². The van der Waals surface area contributed by atoms with Crippen LogP contribution in [-0.4, -0.2) is 51.5 Å². The number of thioether (sulfide) groups is 1. The normalized spacial score (nSPS) is 23.1. The van der Waals surface area contributed by atoms with E-state index in [-0.39, 0.29) is 5.91 Å². The van der Waals surface area contributed by atoms with Gasteiger partial charge >= 0.3 is 0 Å². The number of carbonyl (C=O) groups excluding carboxylic acids is 1. The number of benzene rings is 1. The van der Waals surface area contributed by atoms with Gasteiger partial charge in [0, 0.05) is 30.9 Å². The Bertz CT molecular complexity index is 990. The standard InChI is InChI=1S/C27H39N5O2S/c1-34-24-13-7-10-22(16-24)28-17-25-29-30-27(32(25)23-11-3-2-4-12-23)35-19-26(33)31-15-14-20-8-5-6-9-21(20)18-31/h7,10,13,16,20-21,23,28H,2-6,8-9,11-12,14-15,17-19H2,1H3. The zero-order chi connectivity index (χ0) is 24.0. The van der Waals surface area contributed by atoms with Crippen molar-refractivity contribution >= 4 is 23.4 Å². The van der Waals surface area contributed by atoms with E-state index < -0.39 is 0 Å². The Morgan fingerprint density at radius 3 is 2.69 bits per heavy atom. The van der Waals surface area contributed by atoms with Crippen LogP contribution in [0.1, 0.15) is 76.1 Å². The molecule has 1 amide bonds. The fourth-order valence-electron chi connectivity index (χ4n) is 6.19. The number of methoxy groups -OCH3 is 1. The second-order valence-electron chi connectivity index (χ2n) is 10.4. The maximum absolute atomic E-state index is 13.1. The van der Waals surface area contributed by atoms with Crippen molar-refractivity contribution < 1.29 is 9.53 Å². The van der Waals surface area contributed by atoms with Crippen molar-refractivity contribution in [1.29, 1.82) is 0 Å². The number of piperidine rings is 1. The van der Waals surface area contributed by atoms with Crippen LogP contribution in [0.25, 0.3) is 0 Å². The first-order chi connectivity index (χ1) is 17.2. The quantitative estimate of drug-likeness (QED) is 0.483. The van der Waals surface area contributed by atoms with Crippen molar-refractivity contribution in [2.24, 2.45) is 11.8 Å². The van der Waals surface area contributed by atoms with Crippen LogP contribution in [0.4, 0.5) is 5.69 Å². The van der Waals surface area contributed by atoms with Crippen molar-refractivity contribution in [2.75, 3.05) is 31.3 Å². The van der Waals surface area contributed by atoms with Crippen LogP contribution in [0.5, 0.6) is 5.75 Å². The highest BCUT2D eigenvalue weighted by Gasteiger charge is 2.33. The highest BCUT2D eigenvalue weighted by Crippen LogP contribution is 2.37. The molecule has 190 valence electrons. The molecule has 2 aromatic rings. The maximum Gasteiger partial charge on any atom is 0.233 e. The van der Waals surface area contributed by atoms with Crippen LogP contribution in [0.2, 0.25) is 0 Å². The molecule has 2 heterocycles. The summed E-state index contributed by atoms with van der Waals surface area (Å²) in [7, 11) is 1.68. The van der Waals surface area contributed by atoms with E-state index in [9.17, 15) is 4.79 Å². The van der Waals surface area contributed by atoms with E-state index in [2.05, 4.69) is 25.0 Å². The van der Waals surface area contributed by atoms with Gasteiger partial charge in [-0.3, -0.25) is 4.79 Å². The molecule has 0 radical (unpaired) electrons. The molecule has 1 aliphatic heterocycles. The SMILES string of the molecule is COc1cccc(NCc2nnc(SCC(=O)N3CCC4CCCCC4C3)n2C2CCCCC2)c1. The fourth-order valence-corrected chi connectivity index (χ4v) is 7.12. The Morgan fingerprint density at radius 2 is 1.86 bits per heavy atom. The molecule has 1 aromatic carbocycles. The van der Waals surface area contributed by atoms with Crippen LogP contribution >= 0.6 is 11.8 Å². The molecule has 3 aliphatic rings. The summed E-state index contributed by atoms with van der Waals surface area (Å²) in [5.74, 6) is 4.04. The van der Waals surface area contributed by atoms with Crippen LogP contribution < -0.4 is 10.1 Å². The molecule has 1 aromatic heterocycles. The minimum atomic E-state index is 0.258. The maximum atomic E-state index is 13.1. The van der Waals surface area contributed by atoms with E-state index in [0.717, 1.165) is 54.3 Å². The van der Waals surface area contributed by atoms with Crippen LogP contribution in [0.3, 0.4) is 0 Å². The minimum absolute atomic E-state index is 0.258. The number of likely N-dealkylation sites (tertiary alicyclic amines) is 1. The first kappa shape index (κ1) is 24.5. The van der Waals surface area contributed by atoms with Gasteiger partial charge in [-0.2, -0.15) is 0 Å². The lowest BCUT2D eigenvalue weighted by Crippen LogP contribution is -2.45. The monoisotopic (exact) mass is 497 g/mol. The van der Waals surface area contributed by atoms with Gasteiger partial charge in [-0.05, 0) is 49.7 Å². The summed E-state index contributed by atoms with van der Waals surface area (Å²) in [6, 6.07) is 8.36. The summed E-state index contributed by atoms with van der Waals surface area (Å²) in [6.07, 6.45) is 12.6. The van der Waals surface area contributed by atoms with Crippen LogP contribution in [-0.2, 0) is 11.3 Å². The molecule has 2 atom stereocenters. The molecule has 2 aliphatic carbocycles. The van der Waals surface area contributed by atoms with E-state index >= 15 is 0 Å². The molecule has 2 unspecified atom stereocenters. The van der Waals surface area contributed by atoms with E-state index in [1.165, 1.54) is 51.4 Å². The average molecular weight is 498 g/mol. The highest BCUT2D eigenvalue weighted by atomic mass is 32.2. The number of fused-ring (bicyclic) bond motifs is 1. The molecule has 2 saturated carbocycles. The summed E-state index contributed by atoms with van der Waals surface area (Å²) < 4.78 is 7.67. The third-order valence-corrected chi connectivity index (χ3v) is 9.09. The first-order valence-corrected chi connectivity index (χ1v) is 14.4. The molecule has 1 N–H and O–H groups in total. The largest absolute Gasteiger partial charge is 0.497 e. The summed E-state index contributed by atoms with van der Waals surface area (Å²) in [5, 5.41) is 13.5. The second-order valence-corrected chi connectivity index (χ2v) is 11.3. The van der Waals surface area contributed by atoms with Crippen molar-refractivity contribution in [3.05, 3.63) is 30.1 Å². The Labute approximate surface area is 213 Å². The Morgan fingerprint density at radius 1 is 1.06 bits per heavy atom. The van der Waals surface area contributed by atoms with Gasteiger partial charge in [0.05, 0.1) is 19.4 Å². The number of nitrogens with one attached hydrogen (secondary N) is 1. The third kappa shape index (κ3) is 5.96. The molecule has 3 fully saturated rings. The van der Waals surface area contributed by atoms with Gasteiger partial charge in [-0.1, -0.05) is 56.4 Å². The van der Waals surface area contributed by atoms with Gasteiger partial charge in [0.15, 0.2) is 11.0 Å². The van der Waals surface area contributed by atoms with E-state index in [4.69, 9.17) is 4.74 Å². The number of nitrogens with zero attached hydrogens (tertiary/aromatic N) is 4. The predicted octanol–water partition coefficient (Wildman–Crippen LogP) is 5.53. The molecule has 0 spiro atoms. The summed E-state index contributed by atoms with van der Waals surface area (Å²) in [4.78, 5) is 15.3. The smallest absolute Gasteiger partial charge is 0.233 e. The molecular weight excluding hydrogens is 458 g/mol. The zero-order valence-corrected chi connectivity index (χ0v) is 21.8. The summed E-state index contributed by atoms with van der Waals surface area (Å²) >= 11 is 1.57.